The number of aryl methyl sites for hydroxylation is 1. The van der Waals surface area contributed by atoms with Crippen molar-refractivity contribution in [2.75, 3.05) is 18.4 Å². The lowest BCUT2D eigenvalue weighted by Crippen LogP contribution is -2.47. The van der Waals surface area contributed by atoms with Gasteiger partial charge in [-0.15, -0.1) is 0 Å². The molecule has 7 nitrogen and oxygen atoms in total. The van der Waals surface area contributed by atoms with Crippen molar-refractivity contribution >= 4 is 11.7 Å². The van der Waals surface area contributed by atoms with Crippen LogP contribution in [0.2, 0.25) is 0 Å². The number of carbonyl (C=O) groups is 1. The molecule has 1 aliphatic heterocycles. The number of hydrogen-bond donors (Lipinski definition) is 2. The molecule has 27 heavy (non-hydrogen) atoms. The van der Waals surface area contributed by atoms with Gasteiger partial charge in [0.2, 0.25) is 5.89 Å². The second-order valence-electron chi connectivity index (χ2n) is 7.03. The van der Waals surface area contributed by atoms with Crippen LogP contribution in [-0.2, 0) is 13.0 Å². The molecule has 7 heteroatoms. The van der Waals surface area contributed by atoms with Gasteiger partial charge < -0.3 is 15.2 Å². The zero-order valence-electron chi connectivity index (χ0n) is 16.0. The normalized spacial score (nSPS) is 17.6. The number of nitrogens with one attached hydrogen (secondary N) is 2. The molecule has 2 heterocycles. The fourth-order valence-electron chi connectivity index (χ4n) is 3.37. The van der Waals surface area contributed by atoms with Crippen LogP contribution < -0.4 is 10.6 Å². The Morgan fingerprint density at radius 2 is 2.15 bits per heavy atom. The highest BCUT2D eigenvalue weighted by Crippen LogP contribution is 2.19. The second-order valence-corrected chi connectivity index (χ2v) is 7.03. The van der Waals surface area contributed by atoms with Crippen LogP contribution in [0.1, 0.15) is 50.7 Å². The maximum Gasteiger partial charge on any atom is 0.319 e. The van der Waals surface area contributed by atoms with Gasteiger partial charge in [0.25, 0.3) is 0 Å². The Hall–Kier alpha value is -2.41. The number of hydrogen-bond acceptors (Lipinski definition) is 5. The maximum atomic E-state index is 12.1. The molecule has 0 spiro atoms. The molecule has 2 aromatic rings. The molecular formula is C20H29N5O2. The van der Waals surface area contributed by atoms with E-state index < -0.39 is 0 Å². The summed E-state index contributed by atoms with van der Waals surface area (Å²) in [5, 5.41) is 9.98. The minimum Gasteiger partial charge on any atom is -0.339 e. The number of urea groups is 1. The number of aromatic nitrogens is 2. The molecule has 0 bridgehead atoms. The van der Waals surface area contributed by atoms with Crippen LogP contribution in [0.3, 0.4) is 0 Å². The average Bonchev–Trinajstić information content (AvgIpc) is 3.14. The number of carbonyl (C=O) groups excluding carboxylic acids is 1. The number of rotatable bonds is 8. The van der Waals surface area contributed by atoms with Gasteiger partial charge in [-0.05, 0) is 37.9 Å². The molecule has 0 radical (unpaired) electrons. The van der Waals surface area contributed by atoms with Gasteiger partial charge in [-0.1, -0.05) is 43.1 Å². The minimum absolute atomic E-state index is 0.173. The summed E-state index contributed by atoms with van der Waals surface area (Å²) >= 11 is 0. The summed E-state index contributed by atoms with van der Waals surface area (Å²) in [6.07, 6.45) is 6.42. The number of amides is 2. The molecule has 1 aromatic carbocycles. The first-order valence-electron chi connectivity index (χ1n) is 9.90. The molecule has 1 atom stereocenters. The summed E-state index contributed by atoms with van der Waals surface area (Å²) in [6, 6.07) is 9.59. The molecule has 1 saturated heterocycles. The maximum absolute atomic E-state index is 12.1. The summed E-state index contributed by atoms with van der Waals surface area (Å²) in [6.45, 7) is 4.42. The molecule has 1 fully saturated rings. The van der Waals surface area contributed by atoms with E-state index in [2.05, 4.69) is 32.6 Å². The Morgan fingerprint density at radius 1 is 1.30 bits per heavy atom. The van der Waals surface area contributed by atoms with E-state index in [0.717, 1.165) is 56.1 Å². The van der Waals surface area contributed by atoms with Crippen molar-refractivity contribution in [3.05, 3.63) is 42.0 Å². The number of nitrogens with zero attached hydrogens (tertiary/aromatic N) is 3. The number of anilines is 1. The summed E-state index contributed by atoms with van der Waals surface area (Å²) in [4.78, 5) is 19.0. The molecule has 3 rings (SSSR count). The smallest absolute Gasteiger partial charge is 0.319 e. The van der Waals surface area contributed by atoms with Crippen molar-refractivity contribution in [1.29, 1.82) is 0 Å². The first-order chi connectivity index (χ1) is 13.2. The summed E-state index contributed by atoms with van der Waals surface area (Å²) in [5.41, 5.74) is 0.793. The Kier molecular flexibility index (Phi) is 7.21. The van der Waals surface area contributed by atoms with Gasteiger partial charge in [0.15, 0.2) is 5.82 Å². The lowest BCUT2D eigenvalue weighted by atomic mass is 10.0. The standard InChI is InChI=1S/C20H29N5O2/c1-2-3-12-19-23-18(24-27-19)15-25-13-8-7-11-17(25)14-21-20(26)22-16-9-5-4-6-10-16/h4-6,9-10,17H,2-3,7-8,11-15H2,1H3,(H2,21,22,26). The average molecular weight is 371 g/mol. The molecule has 2 amide bonds. The fourth-order valence-corrected chi connectivity index (χ4v) is 3.37. The third-order valence-corrected chi connectivity index (χ3v) is 4.88. The van der Waals surface area contributed by atoms with Crippen LogP contribution >= 0.6 is 0 Å². The van der Waals surface area contributed by atoms with Crippen LogP contribution in [0.25, 0.3) is 0 Å². The van der Waals surface area contributed by atoms with Crippen molar-refractivity contribution in [1.82, 2.24) is 20.4 Å². The van der Waals surface area contributed by atoms with Crippen LogP contribution in [0.5, 0.6) is 0 Å². The molecule has 0 saturated carbocycles. The Bertz CT molecular complexity index is 703. The second kappa shape index (κ2) is 10.1. The fraction of sp³-hybridized carbons (Fsp3) is 0.550. The highest BCUT2D eigenvalue weighted by Gasteiger charge is 2.24. The Morgan fingerprint density at radius 3 is 2.96 bits per heavy atom. The Balaban J connectivity index is 1.49. The van der Waals surface area contributed by atoms with E-state index in [1.165, 1.54) is 6.42 Å². The number of unbranched alkanes of at least 4 members (excludes halogenated alkanes) is 1. The van der Waals surface area contributed by atoms with Gasteiger partial charge in [-0.2, -0.15) is 4.98 Å². The van der Waals surface area contributed by atoms with Crippen LogP contribution in [0, 0.1) is 0 Å². The quantitative estimate of drug-likeness (QED) is 0.741. The number of benzene rings is 1. The number of para-hydroxylation sites is 1. The lowest BCUT2D eigenvalue weighted by Gasteiger charge is -2.34. The highest BCUT2D eigenvalue weighted by molar-refractivity contribution is 5.89. The first kappa shape index (κ1) is 19.4. The van der Waals surface area contributed by atoms with E-state index in [9.17, 15) is 4.79 Å². The SMILES string of the molecule is CCCCc1nc(CN2CCCCC2CNC(=O)Nc2ccccc2)no1. The monoisotopic (exact) mass is 371 g/mol. The summed E-state index contributed by atoms with van der Waals surface area (Å²) in [7, 11) is 0. The number of likely N-dealkylation sites (tertiary alicyclic amines) is 1. The van der Waals surface area contributed by atoms with Crippen molar-refractivity contribution in [2.24, 2.45) is 0 Å². The largest absolute Gasteiger partial charge is 0.339 e. The van der Waals surface area contributed by atoms with Gasteiger partial charge >= 0.3 is 6.03 Å². The zero-order valence-corrected chi connectivity index (χ0v) is 16.0. The highest BCUT2D eigenvalue weighted by atomic mass is 16.5. The third kappa shape index (κ3) is 6.06. The van der Waals surface area contributed by atoms with E-state index in [1.807, 2.05) is 30.3 Å². The lowest BCUT2D eigenvalue weighted by molar-refractivity contribution is 0.134. The minimum atomic E-state index is -0.173. The van der Waals surface area contributed by atoms with Crippen molar-refractivity contribution in [3.63, 3.8) is 0 Å². The molecular weight excluding hydrogens is 342 g/mol. The molecule has 0 aliphatic carbocycles. The van der Waals surface area contributed by atoms with Gasteiger partial charge in [0.1, 0.15) is 0 Å². The third-order valence-electron chi connectivity index (χ3n) is 4.88. The van der Waals surface area contributed by atoms with E-state index in [0.29, 0.717) is 13.1 Å². The molecule has 1 unspecified atom stereocenters. The van der Waals surface area contributed by atoms with Crippen LogP contribution in [-0.4, -0.2) is 40.2 Å². The van der Waals surface area contributed by atoms with Gasteiger partial charge in [0, 0.05) is 24.7 Å². The van der Waals surface area contributed by atoms with Gasteiger partial charge in [-0.25, -0.2) is 4.79 Å². The van der Waals surface area contributed by atoms with Crippen LogP contribution in [0.4, 0.5) is 10.5 Å². The van der Waals surface area contributed by atoms with E-state index >= 15 is 0 Å². The van der Waals surface area contributed by atoms with Gasteiger partial charge in [-0.3, -0.25) is 4.90 Å². The topological polar surface area (TPSA) is 83.3 Å². The first-order valence-corrected chi connectivity index (χ1v) is 9.90. The van der Waals surface area contributed by atoms with E-state index in [-0.39, 0.29) is 12.1 Å². The van der Waals surface area contributed by atoms with Crippen molar-refractivity contribution < 1.29 is 9.32 Å². The molecule has 2 N–H and O–H groups in total. The van der Waals surface area contributed by atoms with Crippen LogP contribution in [0.15, 0.2) is 34.9 Å². The predicted octanol–water partition coefficient (Wildman–Crippen LogP) is 3.59. The van der Waals surface area contributed by atoms with Crippen molar-refractivity contribution in [3.8, 4) is 0 Å². The molecule has 1 aliphatic rings. The van der Waals surface area contributed by atoms with Crippen molar-refractivity contribution in [2.45, 2.75) is 58.0 Å². The predicted molar refractivity (Wildman–Crippen MR) is 104 cm³/mol. The van der Waals surface area contributed by atoms with E-state index in [4.69, 9.17) is 4.52 Å². The summed E-state index contributed by atoms with van der Waals surface area (Å²) in [5.74, 6) is 1.46. The molecule has 1 aromatic heterocycles. The van der Waals surface area contributed by atoms with Gasteiger partial charge in [0.05, 0.1) is 6.54 Å². The zero-order chi connectivity index (χ0) is 18.9. The number of piperidine rings is 1. The molecule has 146 valence electrons. The summed E-state index contributed by atoms with van der Waals surface area (Å²) < 4.78 is 5.34. The van der Waals surface area contributed by atoms with E-state index in [1.54, 1.807) is 0 Å². The Labute approximate surface area is 160 Å².